The molecule has 1 heterocycles. The third kappa shape index (κ3) is 3.55. The molecule has 1 N–H and O–H groups in total. The van der Waals surface area contributed by atoms with E-state index in [1.54, 1.807) is 6.07 Å². The first-order valence-electron chi connectivity index (χ1n) is 8.73. The van der Waals surface area contributed by atoms with Crippen molar-refractivity contribution in [2.24, 2.45) is 0 Å². The van der Waals surface area contributed by atoms with E-state index in [1.165, 1.54) is 28.0 Å². The molecular weight excluding hydrogens is 378 g/mol. The van der Waals surface area contributed by atoms with Crippen LogP contribution in [0, 0.1) is 0 Å². The van der Waals surface area contributed by atoms with Crippen LogP contribution in [0.1, 0.15) is 28.7 Å². The van der Waals surface area contributed by atoms with Gasteiger partial charge in [0.15, 0.2) is 0 Å². The number of fused-ring (bicyclic) bond motifs is 2. The summed E-state index contributed by atoms with van der Waals surface area (Å²) in [5.74, 6) is 0. The van der Waals surface area contributed by atoms with E-state index in [9.17, 15) is 4.79 Å². The fourth-order valence-electron chi connectivity index (χ4n) is 3.78. The molecule has 128 valence electrons. The number of halogens is 1. The highest BCUT2D eigenvalue weighted by Crippen LogP contribution is 2.28. The lowest BCUT2D eigenvalue weighted by atomic mass is 10.0. The topological polar surface area (TPSA) is 34.7 Å². The van der Waals surface area contributed by atoms with E-state index < -0.39 is 0 Å². The van der Waals surface area contributed by atoms with Crippen molar-refractivity contribution in [2.45, 2.75) is 32.4 Å². The van der Waals surface area contributed by atoms with Crippen molar-refractivity contribution >= 4 is 26.9 Å². The van der Waals surface area contributed by atoms with E-state index in [2.05, 4.69) is 59.4 Å². The minimum atomic E-state index is -0.253. The largest absolute Gasteiger partial charge is 0.423 e. The number of nitrogens with one attached hydrogen (secondary N) is 1. The second-order valence-corrected chi connectivity index (χ2v) is 7.91. The van der Waals surface area contributed by atoms with Gasteiger partial charge in [0, 0.05) is 27.1 Å². The van der Waals surface area contributed by atoms with Crippen LogP contribution in [0.3, 0.4) is 0 Å². The number of benzene rings is 2. The second-order valence-electron chi connectivity index (χ2n) is 7.00. The van der Waals surface area contributed by atoms with Crippen LogP contribution in [0.5, 0.6) is 0 Å². The van der Waals surface area contributed by atoms with E-state index >= 15 is 0 Å². The minimum Gasteiger partial charge on any atom is -0.423 e. The zero-order valence-corrected chi connectivity index (χ0v) is 15.9. The Morgan fingerprint density at radius 3 is 2.52 bits per heavy atom. The minimum absolute atomic E-state index is 0.253. The van der Waals surface area contributed by atoms with Gasteiger partial charge in [0.1, 0.15) is 18.7 Å². The lowest BCUT2D eigenvalue weighted by Crippen LogP contribution is -3.06. The molecule has 0 aliphatic heterocycles. The first-order valence-corrected chi connectivity index (χ1v) is 9.52. The molecule has 4 rings (SSSR count). The third-order valence-electron chi connectivity index (χ3n) is 4.95. The Balaban J connectivity index is 1.64. The van der Waals surface area contributed by atoms with Crippen molar-refractivity contribution in [3.8, 4) is 0 Å². The summed E-state index contributed by atoms with van der Waals surface area (Å²) in [7, 11) is 2.16. The molecule has 3 aromatic rings. The van der Waals surface area contributed by atoms with Crippen LogP contribution >= 0.6 is 15.9 Å². The highest BCUT2D eigenvalue weighted by molar-refractivity contribution is 9.10. The Hall–Kier alpha value is -1.91. The van der Waals surface area contributed by atoms with Gasteiger partial charge in [0.2, 0.25) is 0 Å². The predicted molar refractivity (Wildman–Crippen MR) is 103 cm³/mol. The summed E-state index contributed by atoms with van der Waals surface area (Å²) in [6.45, 7) is 1.72. The molecule has 1 aliphatic rings. The van der Waals surface area contributed by atoms with E-state index in [-0.39, 0.29) is 5.63 Å². The molecule has 0 amide bonds. The number of hydrogen-bond acceptors (Lipinski definition) is 2. The number of rotatable bonds is 4. The van der Waals surface area contributed by atoms with Gasteiger partial charge in [-0.25, -0.2) is 4.79 Å². The van der Waals surface area contributed by atoms with Gasteiger partial charge in [-0.1, -0.05) is 28.1 Å². The summed E-state index contributed by atoms with van der Waals surface area (Å²) >= 11 is 3.47. The first-order chi connectivity index (χ1) is 12.1. The molecule has 1 unspecified atom stereocenters. The second kappa shape index (κ2) is 6.77. The molecule has 0 saturated heterocycles. The molecule has 1 aromatic heterocycles. The number of quaternary nitrogens is 1. The summed E-state index contributed by atoms with van der Waals surface area (Å²) in [6.07, 6.45) is 3.42. The molecule has 25 heavy (non-hydrogen) atoms. The van der Waals surface area contributed by atoms with Crippen molar-refractivity contribution < 1.29 is 9.32 Å². The third-order valence-corrected chi connectivity index (χ3v) is 5.48. The Kier molecular flexibility index (Phi) is 4.48. The average molecular weight is 399 g/mol. The van der Waals surface area contributed by atoms with Crippen molar-refractivity contribution in [1.29, 1.82) is 0 Å². The average Bonchev–Trinajstić information content (AvgIpc) is 3.02. The summed E-state index contributed by atoms with van der Waals surface area (Å²) in [4.78, 5) is 13.3. The van der Waals surface area contributed by atoms with Gasteiger partial charge >= 0.3 is 5.63 Å². The van der Waals surface area contributed by atoms with E-state index in [4.69, 9.17) is 4.42 Å². The van der Waals surface area contributed by atoms with E-state index in [0.717, 1.165) is 46.9 Å². The van der Waals surface area contributed by atoms with Crippen LogP contribution in [0.2, 0.25) is 0 Å². The van der Waals surface area contributed by atoms with Gasteiger partial charge in [-0.3, -0.25) is 0 Å². The molecule has 1 aliphatic carbocycles. The Morgan fingerprint density at radius 1 is 1.04 bits per heavy atom. The molecule has 4 heteroatoms. The van der Waals surface area contributed by atoms with Crippen LogP contribution in [-0.4, -0.2) is 7.05 Å². The van der Waals surface area contributed by atoms with Gasteiger partial charge in [-0.2, -0.15) is 0 Å². The number of hydrogen-bond donors (Lipinski definition) is 1. The van der Waals surface area contributed by atoms with Crippen molar-refractivity contribution in [1.82, 2.24) is 0 Å². The van der Waals surface area contributed by atoms with Gasteiger partial charge in [-0.05, 0) is 54.7 Å². The quantitative estimate of drug-likeness (QED) is 0.684. The molecule has 1 atom stereocenters. The van der Waals surface area contributed by atoms with Crippen LogP contribution in [-0.2, 0) is 25.9 Å². The maximum atomic E-state index is 12.0. The normalized spacial score (nSPS) is 14.6. The van der Waals surface area contributed by atoms with Gasteiger partial charge in [0.25, 0.3) is 0 Å². The summed E-state index contributed by atoms with van der Waals surface area (Å²) < 4.78 is 6.56. The Bertz CT molecular complexity index is 976. The summed E-state index contributed by atoms with van der Waals surface area (Å²) in [6, 6.07) is 14.4. The van der Waals surface area contributed by atoms with Crippen molar-refractivity contribution in [2.75, 3.05) is 7.05 Å². The lowest BCUT2D eigenvalue weighted by molar-refractivity contribution is -0.907. The smallest absolute Gasteiger partial charge is 0.336 e. The number of aryl methyl sites for hydroxylation is 2. The summed E-state index contributed by atoms with van der Waals surface area (Å²) in [5, 5.41) is 1.09. The monoisotopic (exact) mass is 398 g/mol. The Morgan fingerprint density at radius 2 is 1.76 bits per heavy atom. The highest BCUT2D eigenvalue weighted by Gasteiger charge is 2.17. The van der Waals surface area contributed by atoms with Crippen molar-refractivity contribution in [3.05, 3.63) is 79.6 Å². The molecule has 0 fully saturated rings. The zero-order chi connectivity index (χ0) is 17.4. The maximum Gasteiger partial charge on any atom is 0.336 e. The van der Waals surface area contributed by atoms with E-state index in [1.807, 2.05) is 0 Å². The predicted octanol–water partition coefficient (Wildman–Crippen LogP) is 3.26. The van der Waals surface area contributed by atoms with Crippen LogP contribution in [0.15, 0.2) is 56.1 Å². The van der Waals surface area contributed by atoms with E-state index in [0.29, 0.717) is 0 Å². The zero-order valence-electron chi connectivity index (χ0n) is 14.3. The molecule has 0 bridgehead atoms. The molecule has 0 radical (unpaired) electrons. The van der Waals surface area contributed by atoms with Gasteiger partial charge in [-0.15, -0.1) is 0 Å². The fraction of sp³-hybridized carbons (Fsp3) is 0.286. The first kappa shape index (κ1) is 16.6. The molecule has 0 spiro atoms. The molecule has 0 saturated carbocycles. The maximum absolute atomic E-state index is 12.0. The fourth-order valence-corrected chi connectivity index (χ4v) is 4.04. The van der Waals surface area contributed by atoms with Crippen molar-refractivity contribution in [3.63, 3.8) is 0 Å². The van der Waals surface area contributed by atoms with Crippen LogP contribution < -0.4 is 10.5 Å². The van der Waals surface area contributed by atoms with Gasteiger partial charge < -0.3 is 9.32 Å². The standard InChI is InChI=1S/C21H20BrNO2/c1-23(12-14-5-7-18(22)8-6-14)13-17-11-21(24)25-20-10-16-4-2-3-15(16)9-19(17)20/h5-11H,2-4,12-13H2,1H3/p+1. The van der Waals surface area contributed by atoms with Crippen LogP contribution in [0.25, 0.3) is 11.0 Å². The highest BCUT2D eigenvalue weighted by atomic mass is 79.9. The lowest BCUT2D eigenvalue weighted by Gasteiger charge is -2.15. The molecule has 3 nitrogen and oxygen atoms in total. The SMILES string of the molecule is C[NH+](Cc1ccc(Br)cc1)Cc1cc(=O)oc2cc3c(cc12)CCC3. The molecule has 2 aromatic carbocycles. The Labute approximate surface area is 155 Å². The van der Waals surface area contributed by atoms with Gasteiger partial charge in [0.05, 0.1) is 7.05 Å². The van der Waals surface area contributed by atoms with Crippen LogP contribution in [0.4, 0.5) is 0 Å². The summed E-state index contributed by atoms with van der Waals surface area (Å²) in [5.41, 5.74) is 5.59. The molecular formula is C21H21BrNO2+.